The van der Waals surface area contributed by atoms with Gasteiger partial charge in [0.25, 0.3) is 0 Å². The van der Waals surface area contributed by atoms with Crippen molar-refractivity contribution in [3.8, 4) is 11.3 Å². The lowest BCUT2D eigenvalue weighted by molar-refractivity contribution is 0.193. The van der Waals surface area contributed by atoms with E-state index in [1.165, 1.54) is 18.2 Å². The predicted molar refractivity (Wildman–Crippen MR) is 84.5 cm³/mol. The lowest BCUT2D eigenvalue weighted by Gasteiger charge is -2.25. The number of aromatic nitrogens is 2. The van der Waals surface area contributed by atoms with Crippen LogP contribution >= 0.6 is 11.6 Å². The Bertz CT molecular complexity index is 691. The lowest BCUT2D eigenvalue weighted by Crippen LogP contribution is -2.33. The summed E-state index contributed by atoms with van der Waals surface area (Å²) in [4.78, 5) is 1.95. The standard InChI is InChI=1S/C15H16ClFN4O/c1-21(10-4-5-22-8-10)15-13(18)7-14(19-20-15)11-6-9(16)2-3-12(11)17/h2-3,6-7,10H,4-5,8H2,1H3,(H2,18,19). The summed E-state index contributed by atoms with van der Waals surface area (Å²) in [6.45, 7) is 1.37. The third kappa shape index (κ3) is 2.84. The Hall–Kier alpha value is -1.92. The van der Waals surface area contributed by atoms with Crippen molar-refractivity contribution in [2.45, 2.75) is 12.5 Å². The monoisotopic (exact) mass is 322 g/mol. The van der Waals surface area contributed by atoms with Gasteiger partial charge in [-0.25, -0.2) is 4.39 Å². The molecule has 0 saturated carbocycles. The third-order valence-electron chi connectivity index (χ3n) is 3.79. The normalized spacial score (nSPS) is 17.7. The van der Waals surface area contributed by atoms with E-state index in [1.54, 1.807) is 6.07 Å². The number of anilines is 2. The van der Waals surface area contributed by atoms with Crippen LogP contribution in [0.2, 0.25) is 5.02 Å². The van der Waals surface area contributed by atoms with Gasteiger partial charge in [-0.1, -0.05) is 11.6 Å². The van der Waals surface area contributed by atoms with Crippen molar-refractivity contribution >= 4 is 23.1 Å². The van der Waals surface area contributed by atoms with Crippen LogP contribution in [0.5, 0.6) is 0 Å². The van der Waals surface area contributed by atoms with Gasteiger partial charge in [0.2, 0.25) is 0 Å². The largest absolute Gasteiger partial charge is 0.396 e. The minimum Gasteiger partial charge on any atom is -0.396 e. The van der Waals surface area contributed by atoms with Crippen LogP contribution < -0.4 is 10.6 Å². The van der Waals surface area contributed by atoms with Crippen LogP contribution in [0.15, 0.2) is 24.3 Å². The maximum atomic E-state index is 13.9. The molecular weight excluding hydrogens is 307 g/mol. The minimum absolute atomic E-state index is 0.227. The van der Waals surface area contributed by atoms with Crippen LogP contribution in [0.3, 0.4) is 0 Å². The molecule has 1 fully saturated rings. The van der Waals surface area contributed by atoms with Gasteiger partial charge in [0.1, 0.15) is 5.82 Å². The number of likely N-dealkylation sites (N-methyl/N-ethyl adjacent to an activating group) is 1. The average molecular weight is 323 g/mol. The fourth-order valence-electron chi connectivity index (χ4n) is 2.50. The van der Waals surface area contributed by atoms with Crippen LogP contribution in [0.4, 0.5) is 15.9 Å². The Morgan fingerprint density at radius 1 is 1.36 bits per heavy atom. The van der Waals surface area contributed by atoms with E-state index < -0.39 is 5.82 Å². The molecule has 1 aromatic carbocycles. The SMILES string of the molecule is CN(c1nnc(-c2cc(Cl)ccc2F)cc1N)C1CCOC1. The summed E-state index contributed by atoms with van der Waals surface area (Å²) in [5.41, 5.74) is 7.16. The highest BCUT2D eigenvalue weighted by Gasteiger charge is 2.23. The van der Waals surface area contributed by atoms with Crippen molar-refractivity contribution in [1.82, 2.24) is 10.2 Å². The van der Waals surface area contributed by atoms with E-state index >= 15 is 0 Å². The Morgan fingerprint density at radius 3 is 2.86 bits per heavy atom. The Morgan fingerprint density at radius 2 is 2.18 bits per heavy atom. The van der Waals surface area contributed by atoms with E-state index in [0.29, 0.717) is 28.8 Å². The first kappa shape index (κ1) is 15.0. The van der Waals surface area contributed by atoms with Crippen molar-refractivity contribution in [1.29, 1.82) is 0 Å². The predicted octanol–water partition coefficient (Wildman–Crippen LogP) is 2.74. The molecule has 22 heavy (non-hydrogen) atoms. The molecule has 0 radical (unpaired) electrons. The molecule has 2 N–H and O–H groups in total. The molecule has 116 valence electrons. The highest BCUT2D eigenvalue weighted by molar-refractivity contribution is 6.30. The molecule has 2 aromatic rings. The summed E-state index contributed by atoms with van der Waals surface area (Å²) in [6.07, 6.45) is 0.919. The topological polar surface area (TPSA) is 64.3 Å². The van der Waals surface area contributed by atoms with Gasteiger partial charge in [0, 0.05) is 24.2 Å². The number of halogens is 2. The number of rotatable bonds is 3. The second-order valence-electron chi connectivity index (χ2n) is 5.26. The molecule has 5 nitrogen and oxygen atoms in total. The summed E-state index contributed by atoms with van der Waals surface area (Å²) in [5.74, 6) is 0.157. The average Bonchev–Trinajstić information content (AvgIpc) is 3.03. The van der Waals surface area contributed by atoms with Gasteiger partial charge < -0.3 is 15.4 Å². The maximum absolute atomic E-state index is 13.9. The second-order valence-corrected chi connectivity index (χ2v) is 5.70. The molecule has 7 heteroatoms. The maximum Gasteiger partial charge on any atom is 0.174 e. The van der Waals surface area contributed by atoms with E-state index in [4.69, 9.17) is 22.1 Å². The van der Waals surface area contributed by atoms with Gasteiger partial charge in [-0.3, -0.25) is 0 Å². The number of nitrogens with two attached hydrogens (primary N) is 1. The Balaban J connectivity index is 1.93. The van der Waals surface area contributed by atoms with Crippen LogP contribution in [-0.2, 0) is 4.74 Å². The van der Waals surface area contributed by atoms with Gasteiger partial charge in [-0.15, -0.1) is 10.2 Å². The highest BCUT2D eigenvalue weighted by atomic mass is 35.5. The summed E-state index contributed by atoms with van der Waals surface area (Å²) < 4.78 is 19.3. The summed E-state index contributed by atoms with van der Waals surface area (Å²) in [7, 11) is 1.90. The third-order valence-corrected chi connectivity index (χ3v) is 4.03. The van der Waals surface area contributed by atoms with Gasteiger partial charge in [0.15, 0.2) is 5.82 Å². The zero-order valence-electron chi connectivity index (χ0n) is 12.1. The van der Waals surface area contributed by atoms with E-state index in [0.717, 1.165) is 13.0 Å². The molecule has 1 unspecified atom stereocenters. The molecular formula is C15H16ClFN4O. The number of benzene rings is 1. The molecule has 1 atom stereocenters. The minimum atomic E-state index is -0.414. The van der Waals surface area contributed by atoms with Gasteiger partial charge in [0.05, 0.1) is 24.0 Å². The second kappa shape index (κ2) is 6.06. The smallest absolute Gasteiger partial charge is 0.174 e. The zero-order chi connectivity index (χ0) is 15.7. The van der Waals surface area contributed by atoms with Crippen molar-refractivity contribution in [2.24, 2.45) is 0 Å². The van der Waals surface area contributed by atoms with Gasteiger partial charge in [-0.05, 0) is 30.7 Å². The van der Waals surface area contributed by atoms with Crippen molar-refractivity contribution in [3.63, 3.8) is 0 Å². The van der Waals surface area contributed by atoms with Crippen molar-refractivity contribution in [2.75, 3.05) is 30.9 Å². The number of hydrogen-bond acceptors (Lipinski definition) is 5. The first-order valence-electron chi connectivity index (χ1n) is 6.95. The summed E-state index contributed by atoms with van der Waals surface area (Å²) in [6, 6.07) is 6.13. The number of nitrogens with zero attached hydrogens (tertiary/aromatic N) is 3. The molecule has 1 aliphatic heterocycles. The molecule has 0 aliphatic carbocycles. The molecule has 0 bridgehead atoms. The van der Waals surface area contributed by atoms with Crippen LogP contribution in [0.25, 0.3) is 11.3 Å². The fraction of sp³-hybridized carbons (Fsp3) is 0.333. The first-order valence-corrected chi connectivity index (χ1v) is 7.33. The number of hydrogen-bond donors (Lipinski definition) is 1. The zero-order valence-corrected chi connectivity index (χ0v) is 12.8. The lowest BCUT2D eigenvalue weighted by atomic mass is 10.1. The quantitative estimate of drug-likeness (QED) is 0.941. The van der Waals surface area contributed by atoms with Crippen LogP contribution in [-0.4, -0.2) is 36.5 Å². The molecule has 2 heterocycles. The first-order chi connectivity index (χ1) is 10.6. The Labute approximate surface area is 132 Å². The van der Waals surface area contributed by atoms with Crippen LogP contribution in [0.1, 0.15) is 6.42 Å². The molecule has 0 amide bonds. The number of ether oxygens (including phenoxy) is 1. The van der Waals surface area contributed by atoms with Gasteiger partial charge in [-0.2, -0.15) is 0 Å². The van der Waals surface area contributed by atoms with E-state index in [2.05, 4.69) is 10.2 Å². The van der Waals surface area contributed by atoms with Crippen molar-refractivity contribution < 1.29 is 9.13 Å². The molecule has 0 spiro atoms. The molecule has 1 saturated heterocycles. The summed E-state index contributed by atoms with van der Waals surface area (Å²) >= 11 is 5.91. The van der Waals surface area contributed by atoms with E-state index in [9.17, 15) is 4.39 Å². The van der Waals surface area contributed by atoms with E-state index in [-0.39, 0.29) is 11.6 Å². The summed E-state index contributed by atoms with van der Waals surface area (Å²) in [5, 5.41) is 8.68. The molecule has 1 aromatic heterocycles. The molecule has 3 rings (SSSR count). The highest BCUT2D eigenvalue weighted by Crippen LogP contribution is 2.29. The van der Waals surface area contributed by atoms with E-state index in [1.807, 2.05) is 11.9 Å². The van der Waals surface area contributed by atoms with Crippen molar-refractivity contribution in [3.05, 3.63) is 35.1 Å². The Kier molecular flexibility index (Phi) is 4.13. The van der Waals surface area contributed by atoms with Crippen LogP contribution in [0, 0.1) is 5.82 Å². The fourth-order valence-corrected chi connectivity index (χ4v) is 2.67. The molecule has 1 aliphatic rings. The van der Waals surface area contributed by atoms with Gasteiger partial charge >= 0.3 is 0 Å². The number of nitrogen functional groups attached to an aromatic ring is 1.